The molecule has 60 heavy (non-hydrogen) atoms. The second-order valence-corrected chi connectivity index (χ2v) is 17.1. The Morgan fingerprint density at radius 1 is 0.750 bits per heavy atom. The minimum Gasteiger partial charge on any atom is -0.497 e. The SMILES string of the molecule is COc1ccc(C(OC[C@H]2O[C@@H](n3cnc4c(NC(=O)c5ccccc5)ncnc43)C[C@@H]2OP(N2CCCC2)N2CCCC2)(c2ccccc2)c2ccc(OC)cc2)cc1. The molecule has 13 nitrogen and oxygen atoms in total. The fraction of sp³-hybridized carbons (Fsp3) is 0.348. The summed E-state index contributed by atoms with van der Waals surface area (Å²) in [6.07, 6.45) is 7.10. The third-order valence-electron chi connectivity index (χ3n) is 11.6. The lowest BCUT2D eigenvalue weighted by atomic mass is 9.80. The molecule has 14 heteroatoms. The maximum absolute atomic E-state index is 13.2. The van der Waals surface area contributed by atoms with Crippen molar-refractivity contribution in [3.05, 3.63) is 144 Å². The molecule has 3 aliphatic rings. The first kappa shape index (κ1) is 40.2. The van der Waals surface area contributed by atoms with Crippen LogP contribution < -0.4 is 14.8 Å². The molecule has 0 aliphatic carbocycles. The number of hydrogen-bond donors (Lipinski definition) is 1. The highest BCUT2D eigenvalue weighted by molar-refractivity contribution is 7.47. The molecule has 3 saturated heterocycles. The third-order valence-corrected chi connectivity index (χ3v) is 13.9. The number of methoxy groups -OCH3 is 2. The van der Waals surface area contributed by atoms with E-state index in [9.17, 15) is 4.79 Å². The Morgan fingerprint density at radius 3 is 1.90 bits per heavy atom. The molecule has 3 fully saturated rings. The molecule has 1 N–H and O–H groups in total. The molecule has 3 aliphatic heterocycles. The van der Waals surface area contributed by atoms with Crippen molar-refractivity contribution in [2.75, 3.05) is 52.3 Å². The minimum atomic E-state index is -1.04. The van der Waals surface area contributed by atoms with E-state index in [0.29, 0.717) is 29.0 Å². The summed E-state index contributed by atoms with van der Waals surface area (Å²) in [5.41, 5.74) is 3.34. The van der Waals surface area contributed by atoms with E-state index < -0.39 is 26.4 Å². The second-order valence-electron chi connectivity index (χ2n) is 15.3. The van der Waals surface area contributed by atoms with Gasteiger partial charge in [0, 0.05) is 38.2 Å². The summed E-state index contributed by atoms with van der Waals surface area (Å²) in [6, 6.07) is 35.5. The molecule has 0 saturated carbocycles. The molecule has 1 amide bonds. The summed E-state index contributed by atoms with van der Waals surface area (Å²) in [5, 5.41) is 2.93. The van der Waals surface area contributed by atoms with Gasteiger partial charge < -0.3 is 28.8 Å². The van der Waals surface area contributed by atoms with Crippen LogP contribution in [-0.4, -0.2) is 94.0 Å². The van der Waals surface area contributed by atoms with Crippen molar-refractivity contribution in [3.8, 4) is 11.5 Å². The van der Waals surface area contributed by atoms with E-state index in [-0.39, 0.29) is 18.6 Å². The van der Waals surface area contributed by atoms with E-state index in [2.05, 4.69) is 61.0 Å². The third kappa shape index (κ3) is 8.13. The molecular formula is C46H50N7O6P. The predicted octanol–water partition coefficient (Wildman–Crippen LogP) is 8.20. The first-order valence-corrected chi connectivity index (χ1v) is 21.8. The smallest absolute Gasteiger partial charge is 0.256 e. The number of amides is 1. The first-order valence-electron chi connectivity index (χ1n) is 20.7. The Hall–Kier alpha value is -5.27. The van der Waals surface area contributed by atoms with Gasteiger partial charge in [-0.25, -0.2) is 24.3 Å². The predicted molar refractivity (Wildman–Crippen MR) is 230 cm³/mol. The van der Waals surface area contributed by atoms with Crippen molar-refractivity contribution < 1.29 is 28.3 Å². The van der Waals surface area contributed by atoms with Crippen LogP contribution >= 0.6 is 8.45 Å². The summed E-state index contributed by atoms with van der Waals surface area (Å²) in [4.78, 5) is 26.9. The highest BCUT2D eigenvalue weighted by Crippen LogP contribution is 2.53. The highest BCUT2D eigenvalue weighted by atomic mass is 31.2. The van der Waals surface area contributed by atoms with E-state index in [4.69, 9.17) is 28.5 Å². The number of rotatable bonds is 15. The number of carbonyl (C=O) groups is 1. The number of imidazole rings is 1. The molecule has 9 rings (SSSR count). The van der Waals surface area contributed by atoms with Gasteiger partial charge in [0.1, 0.15) is 35.8 Å². The average Bonchev–Trinajstić information content (AvgIpc) is 4.16. The van der Waals surface area contributed by atoms with E-state index in [1.54, 1.807) is 32.7 Å². The van der Waals surface area contributed by atoms with Crippen LogP contribution in [0.3, 0.4) is 0 Å². The molecule has 2 aromatic heterocycles. The highest BCUT2D eigenvalue weighted by Gasteiger charge is 2.45. The summed E-state index contributed by atoms with van der Waals surface area (Å²) in [5.74, 6) is 1.56. The fourth-order valence-electron chi connectivity index (χ4n) is 8.51. The topological polar surface area (TPSA) is 125 Å². The lowest BCUT2D eigenvalue weighted by Gasteiger charge is -2.38. The van der Waals surface area contributed by atoms with Crippen molar-refractivity contribution in [3.63, 3.8) is 0 Å². The zero-order valence-corrected chi connectivity index (χ0v) is 34.8. The van der Waals surface area contributed by atoms with Crippen LogP contribution in [-0.2, 0) is 19.6 Å². The quantitative estimate of drug-likeness (QED) is 0.0796. The summed E-state index contributed by atoms with van der Waals surface area (Å²) >= 11 is 0. The molecule has 0 unspecified atom stereocenters. The van der Waals surface area contributed by atoms with Crippen molar-refractivity contribution in [1.29, 1.82) is 0 Å². The fourth-order valence-corrected chi connectivity index (χ4v) is 10.9. The Labute approximate surface area is 351 Å². The molecule has 4 aromatic carbocycles. The largest absolute Gasteiger partial charge is 0.497 e. The van der Waals surface area contributed by atoms with Crippen molar-refractivity contribution in [1.82, 2.24) is 28.9 Å². The Morgan fingerprint density at radius 2 is 1.32 bits per heavy atom. The Balaban J connectivity index is 1.08. The van der Waals surface area contributed by atoms with Gasteiger partial charge in [-0.2, -0.15) is 0 Å². The number of fused-ring (bicyclic) bond motifs is 1. The van der Waals surface area contributed by atoms with Gasteiger partial charge in [0.05, 0.1) is 33.3 Å². The van der Waals surface area contributed by atoms with Crippen LogP contribution in [0.1, 0.15) is 65.4 Å². The second kappa shape index (κ2) is 18.1. The van der Waals surface area contributed by atoms with Crippen molar-refractivity contribution in [2.24, 2.45) is 0 Å². The van der Waals surface area contributed by atoms with Crippen LogP contribution in [0, 0.1) is 0 Å². The average molecular weight is 828 g/mol. The number of anilines is 1. The number of hydrogen-bond acceptors (Lipinski definition) is 11. The lowest BCUT2D eigenvalue weighted by molar-refractivity contribution is -0.0903. The molecule has 310 valence electrons. The van der Waals surface area contributed by atoms with Gasteiger partial charge in [-0.05, 0) is 78.8 Å². The zero-order valence-electron chi connectivity index (χ0n) is 33.9. The first-order chi connectivity index (χ1) is 29.5. The summed E-state index contributed by atoms with van der Waals surface area (Å²) in [7, 11) is 2.32. The standard InChI is InChI=1S/C46H50N7O6P/c1-55-37-21-17-35(18-22-37)46(34-15-7-4-8-16-34,36-19-23-38(56-2)24-20-36)57-30-40-39(59-60(51-25-9-10-26-51)52-27-11-12-28-52)29-41(58-40)53-32-49-42-43(47-31-48-44(42)53)50-45(54)33-13-5-3-6-14-33/h3-8,13-24,31-32,39-41H,9-12,25-30H2,1-2H3,(H,47,48,50,54)/t39-,40+,41+/m0/s1. The van der Waals surface area contributed by atoms with Gasteiger partial charge in [-0.3, -0.25) is 9.36 Å². The van der Waals surface area contributed by atoms with Crippen LogP contribution in [0.5, 0.6) is 11.5 Å². The van der Waals surface area contributed by atoms with Crippen LogP contribution in [0.15, 0.2) is 122 Å². The number of ether oxygens (including phenoxy) is 4. The van der Waals surface area contributed by atoms with Crippen LogP contribution in [0.25, 0.3) is 11.2 Å². The number of nitrogens with zero attached hydrogens (tertiary/aromatic N) is 6. The maximum atomic E-state index is 13.2. The molecule has 6 aromatic rings. The minimum absolute atomic E-state index is 0.206. The molecule has 5 heterocycles. The van der Waals surface area contributed by atoms with Gasteiger partial charge in [0.2, 0.25) is 0 Å². The normalized spacial score (nSPS) is 19.9. The van der Waals surface area contributed by atoms with Crippen molar-refractivity contribution in [2.45, 2.75) is 56.1 Å². The number of aromatic nitrogens is 4. The number of nitrogens with one attached hydrogen (secondary N) is 1. The van der Waals surface area contributed by atoms with E-state index in [0.717, 1.165) is 54.4 Å². The molecule has 0 bridgehead atoms. The van der Waals surface area contributed by atoms with Crippen LogP contribution in [0.2, 0.25) is 0 Å². The van der Waals surface area contributed by atoms with E-state index in [1.807, 2.05) is 65.2 Å². The van der Waals surface area contributed by atoms with E-state index in [1.165, 1.54) is 32.0 Å². The van der Waals surface area contributed by atoms with Gasteiger partial charge in [-0.1, -0.05) is 72.8 Å². The van der Waals surface area contributed by atoms with Crippen LogP contribution in [0.4, 0.5) is 5.82 Å². The van der Waals surface area contributed by atoms with Crippen molar-refractivity contribution >= 4 is 31.3 Å². The van der Waals surface area contributed by atoms with E-state index >= 15 is 0 Å². The van der Waals surface area contributed by atoms with Gasteiger partial charge in [0.25, 0.3) is 5.91 Å². The molecule has 3 atom stereocenters. The van der Waals surface area contributed by atoms with Gasteiger partial charge >= 0.3 is 0 Å². The maximum Gasteiger partial charge on any atom is 0.256 e. The molecule has 0 radical (unpaired) electrons. The monoisotopic (exact) mass is 827 g/mol. The van der Waals surface area contributed by atoms with Gasteiger partial charge in [0.15, 0.2) is 25.4 Å². The summed E-state index contributed by atoms with van der Waals surface area (Å²) < 4.78 is 40.0. The summed E-state index contributed by atoms with van der Waals surface area (Å²) in [6.45, 7) is 4.29. The van der Waals surface area contributed by atoms with Gasteiger partial charge in [-0.15, -0.1) is 0 Å². The number of benzene rings is 4. The Kier molecular flexibility index (Phi) is 12.1. The number of carbonyl (C=O) groups excluding carboxylic acids is 1. The molecular weight excluding hydrogens is 778 g/mol. The lowest BCUT2D eigenvalue weighted by Crippen LogP contribution is -2.39. The zero-order chi connectivity index (χ0) is 40.9. The molecule has 0 spiro atoms. The Bertz CT molecular complexity index is 2280.